The van der Waals surface area contributed by atoms with Gasteiger partial charge in [-0.2, -0.15) is 0 Å². The van der Waals surface area contributed by atoms with E-state index in [1.165, 1.54) is 39.0 Å². The van der Waals surface area contributed by atoms with Gasteiger partial charge in [0.05, 0.1) is 14.2 Å². The molecule has 51 heavy (non-hydrogen) atoms. The molecule has 7 nitrogen and oxygen atoms in total. The molecular formula is C40H44BF3N2O5. The highest BCUT2D eigenvalue weighted by molar-refractivity contribution is 6.61. The summed E-state index contributed by atoms with van der Waals surface area (Å²) < 4.78 is 79.0. The van der Waals surface area contributed by atoms with E-state index in [1.807, 2.05) is 92.7 Å². The third-order valence-corrected chi connectivity index (χ3v) is 9.92. The van der Waals surface area contributed by atoms with E-state index in [4.69, 9.17) is 28.5 Å². The van der Waals surface area contributed by atoms with Crippen LogP contribution in [0.15, 0.2) is 102 Å². The minimum atomic E-state index is -3.70. The highest BCUT2D eigenvalue weighted by atomic mass is 19.3. The summed E-state index contributed by atoms with van der Waals surface area (Å²) in [5, 5.41) is 3.58. The number of nitrogens with zero attached hydrogens (tertiary/aromatic N) is 1. The molecule has 6 rings (SSSR count). The van der Waals surface area contributed by atoms with Gasteiger partial charge < -0.3 is 28.8 Å². The summed E-state index contributed by atoms with van der Waals surface area (Å²) in [6, 6.07) is 28.6. The quantitative estimate of drug-likeness (QED) is 0.154. The van der Waals surface area contributed by atoms with Crippen LogP contribution in [0.3, 0.4) is 0 Å². The Morgan fingerprint density at radius 1 is 0.745 bits per heavy atom. The molecule has 1 fully saturated rings. The first-order valence-corrected chi connectivity index (χ1v) is 16.9. The second kappa shape index (κ2) is 13.7. The molecule has 2 aliphatic heterocycles. The van der Waals surface area contributed by atoms with Crippen LogP contribution >= 0.6 is 0 Å². The molecule has 0 aromatic heterocycles. The summed E-state index contributed by atoms with van der Waals surface area (Å²) in [6.45, 7) is 8.34. The fraction of sp³-hybridized carbons (Fsp3) is 0.375. The third kappa shape index (κ3) is 6.63. The highest BCUT2D eigenvalue weighted by Crippen LogP contribution is 2.51. The van der Waals surface area contributed by atoms with E-state index in [2.05, 4.69) is 5.32 Å². The van der Waals surface area contributed by atoms with Gasteiger partial charge in [0.15, 0.2) is 5.54 Å². The first-order valence-electron chi connectivity index (χ1n) is 16.9. The van der Waals surface area contributed by atoms with Gasteiger partial charge in [-0.3, -0.25) is 4.99 Å². The van der Waals surface area contributed by atoms with Crippen LogP contribution in [-0.2, 0) is 25.1 Å². The maximum Gasteiger partial charge on any atom is 0.493 e. The molecule has 4 aromatic rings. The van der Waals surface area contributed by atoms with Crippen LogP contribution in [0.5, 0.6) is 11.5 Å². The smallest absolute Gasteiger partial charge is 0.493 e. The SMILES string of the molecule is COc1ccc(C(NC2=N[C@](C)(c3cc(B4OCC(C)(C)CO4)ccc3F)C(F)(F)C(C)(C)OC2)(c2ccccc2)c2ccc(OC)cc2)cc1. The van der Waals surface area contributed by atoms with E-state index in [1.54, 1.807) is 14.2 Å². The topological polar surface area (TPSA) is 70.5 Å². The molecular weight excluding hydrogens is 656 g/mol. The Morgan fingerprint density at radius 3 is 1.80 bits per heavy atom. The van der Waals surface area contributed by atoms with Crippen molar-refractivity contribution < 1.29 is 36.7 Å². The number of ether oxygens (including phenoxy) is 3. The molecule has 1 atom stereocenters. The molecule has 2 heterocycles. The maximum atomic E-state index is 17.1. The normalized spacial score (nSPS) is 21.3. The Balaban J connectivity index is 1.56. The lowest BCUT2D eigenvalue weighted by Gasteiger charge is -2.42. The minimum absolute atomic E-state index is 0.0926. The van der Waals surface area contributed by atoms with Gasteiger partial charge in [-0.05, 0) is 73.3 Å². The Morgan fingerprint density at radius 2 is 1.27 bits per heavy atom. The van der Waals surface area contributed by atoms with Crippen LogP contribution in [0, 0.1) is 11.2 Å². The average Bonchev–Trinajstić information content (AvgIpc) is 3.19. The van der Waals surface area contributed by atoms with Crippen molar-refractivity contribution in [2.45, 2.75) is 57.2 Å². The summed E-state index contributed by atoms with van der Waals surface area (Å²) >= 11 is 0. The number of hydrogen-bond donors (Lipinski definition) is 1. The van der Waals surface area contributed by atoms with E-state index < -0.39 is 35.5 Å². The van der Waals surface area contributed by atoms with Gasteiger partial charge in [-0.1, -0.05) is 80.6 Å². The summed E-state index contributed by atoms with van der Waals surface area (Å²) in [6.07, 6.45) is 0. The molecule has 0 aliphatic carbocycles. The first kappa shape index (κ1) is 36.5. The van der Waals surface area contributed by atoms with Crippen LogP contribution in [0.4, 0.5) is 13.2 Å². The van der Waals surface area contributed by atoms with E-state index in [0.717, 1.165) is 16.7 Å². The number of rotatable bonds is 8. The van der Waals surface area contributed by atoms with Crippen molar-refractivity contribution in [1.29, 1.82) is 0 Å². The van der Waals surface area contributed by atoms with E-state index in [9.17, 15) is 0 Å². The summed E-state index contributed by atoms with van der Waals surface area (Å²) in [5.74, 6) is -3.16. The summed E-state index contributed by atoms with van der Waals surface area (Å²) in [4.78, 5) is 4.78. The zero-order valence-electron chi connectivity index (χ0n) is 30.1. The number of alkyl halides is 2. The number of benzene rings is 4. The molecule has 0 amide bonds. The highest BCUT2D eigenvalue weighted by Gasteiger charge is 2.64. The van der Waals surface area contributed by atoms with E-state index in [-0.39, 0.29) is 23.4 Å². The molecule has 4 aromatic carbocycles. The van der Waals surface area contributed by atoms with Gasteiger partial charge in [-0.25, -0.2) is 13.2 Å². The Hall–Kier alpha value is -4.32. The molecule has 0 unspecified atom stereocenters. The standard InChI is InChI=1S/C40H44BF3N2O5/c1-36(2)25-50-41(51-26-36)30-17-22-34(42)33(23-30)38(5)40(43,44)37(3,4)49-24-35(45-38)46-39(27-11-9-8-10-12-27,28-13-18-31(47-6)19-14-28)29-15-20-32(48-7)21-16-29/h8-23H,24-26H2,1-7H3,(H,45,46)/t38-/m1/s1. The molecule has 1 N–H and O–H groups in total. The number of methoxy groups -OCH3 is 2. The zero-order valence-corrected chi connectivity index (χ0v) is 30.1. The van der Waals surface area contributed by atoms with Crippen molar-refractivity contribution in [3.05, 3.63) is 125 Å². The van der Waals surface area contributed by atoms with Crippen LogP contribution in [-0.4, -0.2) is 58.5 Å². The van der Waals surface area contributed by atoms with Crippen molar-refractivity contribution in [1.82, 2.24) is 5.32 Å². The van der Waals surface area contributed by atoms with Gasteiger partial charge in [0, 0.05) is 24.2 Å². The largest absolute Gasteiger partial charge is 0.497 e. The van der Waals surface area contributed by atoms with Gasteiger partial charge in [0.25, 0.3) is 0 Å². The molecule has 0 radical (unpaired) electrons. The van der Waals surface area contributed by atoms with Crippen molar-refractivity contribution >= 4 is 18.4 Å². The second-order valence-corrected chi connectivity index (χ2v) is 14.6. The molecule has 0 bridgehead atoms. The number of amidine groups is 1. The van der Waals surface area contributed by atoms with Crippen LogP contribution in [0.1, 0.15) is 56.9 Å². The van der Waals surface area contributed by atoms with Gasteiger partial charge in [0.2, 0.25) is 0 Å². The van der Waals surface area contributed by atoms with Crippen LogP contribution < -0.4 is 20.3 Å². The predicted molar refractivity (Wildman–Crippen MR) is 193 cm³/mol. The Kier molecular flexibility index (Phi) is 9.78. The molecule has 1 saturated heterocycles. The molecule has 268 valence electrons. The maximum absolute atomic E-state index is 17.1. The summed E-state index contributed by atoms with van der Waals surface area (Å²) in [5.41, 5.74) is -3.47. The number of halogens is 3. The van der Waals surface area contributed by atoms with Gasteiger partial charge in [-0.15, -0.1) is 0 Å². The fourth-order valence-electron chi connectivity index (χ4n) is 6.84. The number of hydrogen-bond acceptors (Lipinski definition) is 7. The van der Waals surface area contributed by atoms with E-state index >= 15 is 13.2 Å². The molecule has 0 spiro atoms. The van der Waals surface area contributed by atoms with Crippen molar-refractivity contribution in [3.63, 3.8) is 0 Å². The second-order valence-electron chi connectivity index (χ2n) is 14.6. The average molecular weight is 701 g/mol. The van der Waals surface area contributed by atoms with Crippen LogP contribution in [0.2, 0.25) is 0 Å². The van der Waals surface area contributed by atoms with Crippen molar-refractivity contribution in [3.8, 4) is 11.5 Å². The van der Waals surface area contributed by atoms with E-state index in [0.29, 0.717) is 30.2 Å². The van der Waals surface area contributed by atoms with Crippen molar-refractivity contribution in [2.75, 3.05) is 34.0 Å². The first-order chi connectivity index (χ1) is 24.2. The Bertz CT molecular complexity index is 1810. The molecule has 2 aliphatic rings. The molecule has 11 heteroatoms. The predicted octanol–water partition coefficient (Wildman–Crippen LogP) is 7.25. The van der Waals surface area contributed by atoms with Crippen LogP contribution in [0.25, 0.3) is 0 Å². The van der Waals surface area contributed by atoms with Gasteiger partial charge >= 0.3 is 13.0 Å². The number of aliphatic imine (C=N–C) groups is 1. The lowest BCUT2D eigenvalue weighted by atomic mass is 9.72. The van der Waals surface area contributed by atoms with Gasteiger partial charge in [0.1, 0.15) is 40.9 Å². The Labute approximate surface area is 298 Å². The fourth-order valence-corrected chi connectivity index (χ4v) is 6.84. The lowest BCUT2D eigenvalue weighted by Crippen LogP contribution is -2.56. The zero-order chi connectivity index (χ0) is 36.7. The molecule has 0 saturated carbocycles. The third-order valence-electron chi connectivity index (χ3n) is 9.92. The minimum Gasteiger partial charge on any atom is -0.497 e. The monoisotopic (exact) mass is 700 g/mol. The number of nitrogens with one attached hydrogen (secondary N) is 1. The summed E-state index contributed by atoms with van der Waals surface area (Å²) in [7, 11) is 2.33. The van der Waals surface area contributed by atoms with Crippen molar-refractivity contribution in [2.24, 2.45) is 10.4 Å². The lowest BCUT2D eigenvalue weighted by molar-refractivity contribution is -0.214.